The van der Waals surface area contributed by atoms with Crippen LogP contribution in [0.2, 0.25) is 5.02 Å². The fourth-order valence-corrected chi connectivity index (χ4v) is 3.91. The van der Waals surface area contributed by atoms with Gasteiger partial charge >= 0.3 is 0 Å². The standard InChI is InChI=1S/C25H20BrClN2O2/c1-15(16-6-9-19(27)10-7-16)28-25(30)22-14-24(17-4-3-5-20(12-17)31-2)29-23-11-8-18(26)13-21(22)23/h3-15H,1-2H3,(H,28,30)/t15-/m0/s1. The van der Waals surface area contributed by atoms with Crippen molar-refractivity contribution in [3.8, 4) is 17.0 Å². The van der Waals surface area contributed by atoms with Crippen molar-refractivity contribution in [2.75, 3.05) is 7.11 Å². The van der Waals surface area contributed by atoms with Crippen molar-refractivity contribution in [2.45, 2.75) is 13.0 Å². The SMILES string of the molecule is COc1cccc(-c2cc(C(=O)N[C@@H](C)c3ccc(Cl)cc3)c3cc(Br)ccc3n2)c1. The van der Waals surface area contributed by atoms with E-state index in [1.165, 1.54) is 0 Å². The summed E-state index contributed by atoms with van der Waals surface area (Å²) >= 11 is 9.49. The van der Waals surface area contributed by atoms with Gasteiger partial charge in [-0.05, 0) is 61.0 Å². The molecule has 156 valence electrons. The lowest BCUT2D eigenvalue weighted by atomic mass is 10.0. The first-order valence-electron chi connectivity index (χ1n) is 9.75. The van der Waals surface area contributed by atoms with Gasteiger partial charge in [0.1, 0.15) is 5.75 Å². The number of halogens is 2. The van der Waals surface area contributed by atoms with Crippen LogP contribution in [-0.2, 0) is 0 Å². The third-order valence-corrected chi connectivity index (χ3v) is 5.84. The van der Waals surface area contributed by atoms with E-state index in [1.54, 1.807) is 7.11 Å². The van der Waals surface area contributed by atoms with Crippen molar-refractivity contribution in [3.63, 3.8) is 0 Å². The number of aromatic nitrogens is 1. The van der Waals surface area contributed by atoms with E-state index < -0.39 is 0 Å². The van der Waals surface area contributed by atoms with Gasteiger partial charge in [0, 0.05) is 20.4 Å². The number of fused-ring (bicyclic) bond motifs is 1. The highest BCUT2D eigenvalue weighted by Crippen LogP contribution is 2.29. The minimum Gasteiger partial charge on any atom is -0.497 e. The Morgan fingerprint density at radius 1 is 1.06 bits per heavy atom. The minimum absolute atomic E-state index is 0.169. The van der Waals surface area contributed by atoms with E-state index in [1.807, 2.05) is 79.7 Å². The van der Waals surface area contributed by atoms with E-state index in [-0.39, 0.29) is 11.9 Å². The summed E-state index contributed by atoms with van der Waals surface area (Å²) in [6.07, 6.45) is 0. The zero-order valence-electron chi connectivity index (χ0n) is 17.0. The molecule has 0 bridgehead atoms. The molecule has 31 heavy (non-hydrogen) atoms. The molecule has 0 aliphatic carbocycles. The molecule has 0 radical (unpaired) electrons. The smallest absolute Gasteiger partial charge is 0.252 e. The summed E-state index contributed by atoms with van der Waals surface area (Å²) in [7, 11) is 1.63. The predicted molar refractivity (Wildman–Crippen MR) is 129 cm³/mol. The van der Waals surface area contributed by atoms with Crippen LogP contribution in [0.3, 0.4) is 0 Å². The lowest BCUT2D eigenvalue weighted by molar-refractivity contribution is 0.0941. The zero-order chi connectivity index (χ0) is 22.0. The minimum atomic E-state index is -0.180. The van der Waals surface area contributed by atoms with Crippen LogP contribution >= 0.6 is 27.5 Å². The van der Waals surface area contributed by atoms with E-state index in [2.05, 4.69) is 21.2 Å². The summed E-state index contributed by atoms with van der Waals surface area (Å²) in [5.74, 6) is 0.565. The molecule has 0 aliphatic heterocycles. The number of pyridine rings is 1. The zero-order valence-corrected chi connectivity index (χ0v) is 19.4. The molecule has 0 saturated heterocycles. The molecule has 4 rings (SSSR count). The number of amides is 1. The molecule has 4 nitrogen and oxygen atoms in total. The van der Waals surface area contributed by atoms with Gasteiger partial charge < -0.3 is 10.1 Å². The summed E-state index contributed by atoms with van der Waals surface area (Å²) in [6.45, 7) is 1.95. The molecule has 4 aromatic rings. The Morgan fingerprint density at radius 2 is 1.84 bits per heavy atom. The molecule has 6 heteroatoms. The number of carbonyl (C=O) groups is 1. The number of nitrogens with one attached hydrogen (secondary N) is 1. The third-order valence-electron chi connectivity index (χ3n) is 5.10. The first-order chi connectivity index (χ1) is 14.9. The Kier molecular flexibility index (Phi) is 6.25. The summed E-state index contributed by atoms with van der Waals surface area (Å²) < 4.78 is 6.23. The number of methoxy groups -OCH3 is 1. The Bertz CT molecular complexity index is 1260. The van der Waals surface area contributed by atoms with Gasteiger partial charge in [0.25, 0.3) is 5.91 Å². The van der Waals surface area contributed by atoms with E-state index in [0.29, 0.717) is 16.3 Å². The van der Waals surface area contributed by atoms with Crippen LogP contribution < -0.4 is 10.1 Å². The Labute approximate surface area is 194 Å². The lowest BCUT2D eigenvalue weighted by Gasteiger charge is -2.16. The maximum atomic E-state index is 13.3. The van der Waals surface area contributed by atoms with Crippen LogP contribution in [-0.4, -0.2) is 18.0 Å². The molecule has 1 amide bonds. The van der Waals surface area contributed by atoms with Gasteiger partial charge in [0.15, 0.2) is 0 Å². The molecule has 1 N–H and O–H groups in total. The van der Waals surface area contributed by atoms with E-state index in [0.717, 1.165) is 32.3 Å². The highest BCUT2D eigenvalue weighted by Gasteiger charge is 2.17. The lowest BCUT2D eigenvalue weighted by Crippen LogP contribution is -2.27. The number of hydrogen-bond acceptors (Lipinski definition) is 3. The highest BCUT2D eigenvalue weighted by atomic mass is 79.9. The van der Waals surface area contributed by atoms with Crippen molar-refractivity contribution < 1.29 is 9.53 Å². The molecular formula is C25H20BrClN2O2. The van der Waals surface area contributed by atoms with Crippen LogP contribution in [0.15, 0.2) is 77.3 Å². The van der Waals surface area contributed by atoms with Gasteiger partial charge in [0.05, 0.1) is 29.9 Å². The molecule has 3 aromatic carbocycles. The fourth-order valence-electron chi connectivity index (χ4n) is 3.43. The number of hydrogen-bond donors (Lipinski definition) is 1. The largest absolute Gasteiger partial charge is 0.497 e. The van der Waals surface area contributed by atoms with Crippen molar-refractivity contribution in [1.29, 1.82) is 0 Å². The Morgan fingerprint density at radius 3 is 2.58 bits per heavy atom. The topological polar surface area (TPSA) is 51.2 Å². The second-order valence-corrected chi connectivity index (χ2v) is 8.55. The molecule has 0 spiro atoms. The van der Waals surface area contributed by atoms with Crippen molar-refractivity contribution in [2.24, 2.45) is 0 Å². The molecule has 0 aliphatic rings. The summed E-state index contributed by atoms with van der Waals surface area (Å²) in [4.78, 5) is 18.1. The first-order valence-corrected chi connectivity index (χ1v) is 10.9. The number of benzene rings is 3. The average molecular weight is 496 g/mol. The molecule has 0 fully saturated rings. The highest BCUT2D eigenvalue weighted by molar-refractivity contribution is 9.10. The number of carbonyl (C=O) groups excluding carboxylic acids is 1. The van der Waals surface area contributed by atoms with Crippen LogP contribution in [0.5, 0.6) is 5.75 Å². The maximum Gasteiger partial charge on any atom is 0.252 e. The molecule has 1 heterocycles. The molecular weight excluding hydrogens is 476 g/mol. The predicted octanol–water partition coefficient (Wildman–Crippen LogP) is 6.82. The maximum absolute atomic E-state index is 13.3. The normalized spacial score (nSPS) is 11.9. The van der Waals surface area contributed by atoms with Gasteiger partial charge in [-0.25, -0.2) is 4.98 Å². The number of ether oxygens (including phenoxy) is 1. The molecule has 0 saturated carbocycles. The summed E-state index contributed by atoms with van der Waals surface area (Å²) in [5.41, 5.74) is 3.87. The quantitative estimate of drug-likeness (QED) is 0.330. The van der Waals surface area contributed by atoms with Crippen molar-refractivity contribution in [1.82, 2.24) is 10.3 Å². The Hall–Kier alpha value is -2.89. The van der Waals surface area contributed by atoms with Crippen molar-refractivity contribution in [3.05, 3.63) is 93.4 Å². The van der Waals surface area contributed by atoms with Gasteiger partial charge in [-0.15, -0.1) is 0 Å². The monoisotopic (exact) mass is 494 g/mol. The summed E-state index contributed by atoms with van der Waals surface area (Å²) in [6, 6.07) is 22.5. The summed E-state index contributed by atoms with van der Waals surface area (Å²) in [5, 5.41) is 4.54. The second kappa shape index (κ2) is 9.08. The first kappa shape index (κ1) is 21.3. The Balaban J connectivity index is 1.76. The van der Waals surface area contributed by atoms with Crippen LogP contribution in [0, 0.1) is 0 Å². The van der Waals surface area contributed by atoms with E-state index >= 15 is 0 Å². The number of rotatable bonds is 5. The average Bonchev–Trinajstić information content (AvgIpc) is 2.78. The number of nitrogens with zero attached hydrogens (tertiary/aromatic N) is 1. The molecule has 0 unspecified atom stereocenters. The van der Waals surface area contributed by atoms with Crippen molar-refractivity contribution >= 4 is 44.3 Å². The van der Waals surface area contributed by atoms with Gasteiger partial charge in [-0.2, -0.15) is 0 Å². The van der Waals surface area contributed by atoms with E-state index in [4.69, 9.17) is 21.3 Å². The van der Waals surface area contributed by atoms with Crippen LogP contribution in [0.25, 0.3) is 22.2 Å². The van der Waals surface area contributed by atoms with Crippen LogP contribution in [0.1, 0.15) is 28.9 Å². The fraction of sp³-hybridized carbons (Fsp3) is 0.120. The van der Waals surface area contributed by atoms with Crippen LogP contribution in [0.4, 0.5) is 0 Å². The van der Waals surface area contributed by atoms with E-state index in [9.17, 15) is 4.79 Å². The van der Waals surface area contributed by atoms with Gasteiger partial charge in [-0.1, -0.05) is 51.8 Å². The van der Waals surface area contributed by atoms with Gasteiger partial charge in [-0.3, -0.25) is 4.79 Å². The van der Waals surface area contributed by atoms with Gasteiger partial charge in [0.2, 0.25) is 0 Å². The third kappa shape index (κ3) is 4.73. The molecule has 1 aromatic heterocycles. The second-order valence-electron chi connectivity index (χ2n) is 7.20. The molecule has 1 atom stereocenters.